The fourth-order valence-corrected chi connectivity index (χ4v) is 3.43. The summed E-state index contributed by atoms with van der Waals surface area (Å²) in [7, 11) is 0. The van der Waals surface area contributed by atoms with Crippen molar-refractivity contribution in [3.63, 3.8) is 0 Å². The third-order valence-corrected chi connectivity index (χ3v) is 4.70. The summed E-state index contributed by atoms with van der Waals surface area (Å²) >= 11 is 5.62. The van der Waals surface area contributed by atoms with Crippen molar-refractivity contribution >= 4 is 28.7 Å². The first-order valence-corrected chi connectivity index (χ1v) is 8.47. The van der Waals surface area contributed by atoms with Crippen molar-refractivity contribution in [3.05, 3.63) is 59.4 Å². The first-order chi connectivity index (χ1) is 11.1. The molecule has 23 heavy (non-hydrogen) atoms. The number of fused-ring (bicyclic) bond motifs is 1. The fraction of sp³-hybridized carbons (Fsp3) is 0.316. The molecule has 1 atom stereocenters. The van der Waals surface area contributed by atoms with E-state index in [1.807, 2.05) is 18.2 Å². The average molecular weight is 328 g/mol. The van der Waals surface area contributed by atoms with Crippen molar-refractivity contribution in [1.29, 1.82) is 0 Å². The van der Waals surface area contributed by atoms with Gasteiger partial charge in [-0.05, 0) is 79.9 Å². The molecular weight excluding hydrogens is 307 g/mol. The maximum Gasteiger partial charge on any atom is 0.178 e. The fourth-order valence-electron chi connectivity index (χ4n) is 3.04. The van der Waals surface area contributed by atoms with Crippen LogP contribution in [0.5, 0.6) is 0 Å². The molecule has 3 rings (SSSR count). The van der Waals surface area contributed by atoms with E-state index in [4.69, 9.17) is 12.2 Å². The number of rotatable bonds is 2. The highest BCUT2D eigenvalue weighted by molar-refractivity contribution is 7.80. The van der Waals surface area contributed by atoms with Crippen molar-refractivity contribution in [2.75, 3.05) is 10.2 Å². The Kier molecular flexibility index (Phi) is 4.62. The Hall–Kier alpha value is -1.94. The molecular formula is C19H21FN2S. The van der Waals surface area contributed by atoms with E-state index in [0.717, 1.165) is 36.2 Å². The topological polar surface area (TPSA) is 15.3 Å². The lowest BCUT2D eigenvalue weighted by Gasteiger charge is -2.37. The van der Waals surface area contributed by atoms with Crippen molar-refractivity contribution in [1.82, 2.24) is 0 Å². The third kappa shape index (κ3) is 3.37. The van der Waals surface area contributed by atoms with E-state index in [9.17, 15) is 4.39 Å². The molecule has 0 fully saturated rings. The molecule has 0 saturated heterocycles. The van der Waals surface area contributed by atoms with Gasteiger partial charge in [-0.3, -0.25) is 0 Å². The minimum absolute atomic E-state index is 0.188. The van der Waals surface area contributed by atoms with E-state index in [2.05, 4.69) is 36.2 Å². The highest BCUT2D eigenvalue weighted by Crippen LogP contribution is 2.32. The highest BCUT2D eigenvalue weighted by Gasteiger charge is 2.26. The van der Waals surface area contributed by atoms with Crippen LogP contribution in [-0.2, 0) is 12.8 Å². The van der Waals surface area contributed by atoms with Gasteiger partial charge in [0.15, 0.2) is 5.11 Å². The van der Waals surface area contributed by atoms with Gasteiger partial charge < -0.3 is 10.2 Å². The van der Waals surface area contributed by atoms with E-state index in [-0.39, 0.29) is 5.82 Å². The maximum atomic E-state index is 13.5. The molecule has 0 aromatic heterocycles. The summed E-state index contributed by atoms with van der Waals surface area (Å²) in [5.74, 6) is -0.188. The molecule has 2 aromatic rings. The lowest BCUT2D eigenvalue weighted by atomic mass is 9.97. The predicted octanol–water partition coefficient (Wildman–Crippen LogP) is 4.93. The molecule has 0 saturated carbocycles. The minimum atomic E-state index is -0.188. The van der Waals surface area contributed by atoms with E-state index < -0.39 is 0 Å². The lowest BCUT2D eigenvalue weighted by Crippen LogP contribution is -2.44. The Labute approximate surface area is 142 Å². The second-order valence-electron chi connectivity index (χ2n) is 6.01. The zero-order valence-electron chi connectivity index (χ0n) is 13.5. The van der Waals surface area contributed by atoms with Gasteiger partial charge in [-0.25, -0.2) is 4.39 Å². The smallest absolute Gasteiger partial charge is 0.178 e. The minimum Gasteiger partial charge on any atom is -0.332 e. The Balaban J connectivity index is 1.83. The normalized spacial score (nSPS) is 16.8. The van der Waals surface area contributed by atoms with Gasteiger partial charge in [-0.15, -0.1) is 0 Å². The monoisotopic (exact) mass is 328 g/mol. The number of hydrogen-bond donors (Lipinski definition) is 1. The van der Waals surface area contributed by atoms with E-state index in [0.29, 0.717) is 11.2 Å². The molecule has 0 bridgehead atoms. The quantitative estimate of drug-likeness (QED) is 0.787. The number of nitrogens with zero attached hydrogens (tertiary/aromatic N) is 1. The van der Waals surface area contributed by atoms with Crippen LogP contribution in [0.2, 0.25) is 0 Å². The first kappa shape index (κ1) is 15.9. The standard InChI is InChI=1S/C19H21FN2S/c1-3-14-5-9-17(10-6-14)21-19(23)22-13(2)4-7-15-12-16(20)8-11-18(15)22/h5-6,8-13H,3-4,7H2,1-2H3,(H,21,23). The van der Waals surface area contributed by atoms with Crippen LogP contribution in [0.4, 0.5) is 15.8 Å². The van der Waals surface area contributed by atoms with Gasteiger partial charge in [-0.2, -0.15) is 0 Å². The second-order valence-corrected chi connectivity index (χ2v) is 6.40. The Bertz CT molecular complexity index is 712. The van der Waals surface area contributed by atoms with Crippen LogP contribution in [0.15, 0.2) is 42.5 Å². The summed E-state index contributed by atoms with van der Waals surface area (Å²) in [5.41, 5.74) is 4.31. The van der Waals surface area contributed by atoms with Crippen LogP contribution in [0.3, 0.4) is 0 Å². The molecule has 0 spiro atoms. The third-order valence-electron chi connectivity index (χ3n) is 4.41. The zero-order chi connectivity index (χ0) is 16.4. The molecule has 120 valence electrons. The summed E-state index contributed by atoms with van der Waals surface area (Å²) in [5, 5.41) is 3.97. The lowest BCUT2D eigenvalue weighted by molar-refractivity contribution is 0.604. The molecule has 1 heterocycles. The van der Waals surface area contributed by atoms with Gasteiger partial charge in [0.05, 0.1) is 0 Å². The molecule has 0 amide bonds. The van der Waals surface area contributed by atoms with Gasteiger partial charge in [0.2, 0.25) is 0 Å². The number of thiocarbonyl (C=S) groups is 1. The number of nitrogens with one attached hydrogen (secondary N) is 1. The van der Waals surface area contributed by atoms with Crippen LogP contribution >= 0.6 is 12.2 Å². The predicted molar refractivity (Wildman–Crippen MR) is 98.7 cm³/mol. The van der Waals surface area contributed by atoms with E-state index in [1.54, 1.807) is 6.07 Å². The number of halogens is 1. The summed E-state index contributed by atoms with van der Waals surface area (Å²) < 4.78 is 13.5. The van der Waals surface area contributed by atoms with Gasteiger partial charge >= 0.3 is 0 Å². The van der Waals surface area contributed by atoms with Gasteiger partial charge in [0.25, 0.3) is 0 Å². The second kappa shape index (κ2) is 6.67. The van der Waals surface area contributed by atoms with Crippen molar-refractivity contribution in [2.24, 2.45) is 0 Å². The summed E-state index contributed by atoms with van der Waals surface area (Å²) in [6, 6.07) is 13.5. The SMILES string of the molecule is CCc1ccc(NC(=S)N2c3ccc(F)cc3CCC2C)cc1. The molecule has 1 aliphatic heterocycles. The summed E-state index contributed by atoms with van der Waals surface area (Å²) in [6.45, 7) is 4.29. The highest BCUT2D eigenvalue weighted by atomic mass is 32.1. The Morgan fingerprint density at radius 3 is 2.70 bits per heavy atom. The van der Waals surface area contributed by atoms with Crippen LogP contribution in [-0.4, -0.2) is 11.2 Å². The molecule has 2 aromatic carbocycles. The molecule has 0 radical (unpaired) electrons. The molecule has 1 N–H and O–H groups in total. The Morgan fingerprint density at radius 2 is 2.00 bits per heavy atom. The zero-order valence-corrected chi connectivity index (χ0v) is 14.3. The number of hydrogen-bond acceptors (Lipinski definition) is 1. The van der Waals surface area contributed by atoms with Crippen molar-refractivity contribution in [2.45, 2.75) is 39.2 Å². The van der Waals surface area contributed by atoms with Gasteiger partial charge in [0.1, 0.15) is 5.82 Å². The molecule has 1 aliphatic rings. The molecule has 4 heteroatoms. The first-order valence-electron chi connectivity index (χ1n) is 8.06. The van der Waals surface area contributed by atoms with Crippen LogP contribution in [0.25, 0.3) is 0 Å². The van der Waals surface area contributed by atoms with E-state index >= 15 is 0 Å². The van der Waals surface area contributed by atoms with Crippen LogP contribution in [0, 0.1) is 5.82 Å². The van der Waals surface area contributed by atoms with Crippen molar-refractivity contribution in [3.8, 4) is 0 Å². The number of benzene rings is 2. The largest absolute Gasteiger partial charge is 0.332 e. The maximum absolute atomic E-state index is 13.5. The summed E-state index contributed by atoms with van der Waals surface area (Å²) in [6.07, 6.45) is 2.87. The molecule has 0 aliphatic carbocycles. The van der Waals surface area contributed by atoms with Crippen LogP contribution in [0.1, 0.15) is 31.4 Å². The number of aryl methyl sites for hydroxylation is 2. The average Bonchev–Trinajstić information content (AvgIpc) is 2.55. The summed E-state index contributed by atoms with van der Waals surface area (Å²) in [4.78, 5) is 2.10. The van der Waals surface area contributed by atoms with Gasteiger partial charge in [0, 0.05) is 17.4 Å². The molecule has 2 nitrogen and oxygen atoms in total. The van der Waals surface area contributed by atoms with Gasteiger partial charge in [-0.1, -0.05) is 19.1 Å². The number of anilines is 2. The Morgan fingerprint density at radius 1 is 1.26 bits per heavy atom. The van der Waals surface area contributed by atoms with E-state index in [1.165, 1.54) is 11.6 Å². The van der Waals surface area contributed by atoms with Crippen molar-refractivity contribution < 1.29 is 4.39 Å². The molecule has 1 unspecified atom stereocenters. The van der Waals surface area contributed by atoms with Crippen LogP contribution < -0.4 is 10.2 Å².